The fraction of sp³-hybridized carbons (Fsp3) is 0.286. The smallest absolute Gasteiger partial charge is 0.416 e. The van der Waals surface area contributed by atoms with Crippen molar-refractivity contribution in [2.75, 3.05) is 0 Å². The van der Waals surface area contributed by atoms with Gasteiger partial charge in [-0.3, -0.25) is 28.8 Å². The van der Waals surface area contributed by atoms with Crippen LogP contribution in [0.4, 0.5) is 79.0 Å². The van der Waals surface area contributed by atoms with Gasteiger partial charge >= 0.3 is 55.0 Å². The van der Waals surface area contributed by atoms with Crippen LogP contribution in [-0.4, -0.2) is 111 Å². The van der Waals surface area contributed by atoms with E-state index < -0.39 is 124 Å². The molecule has 0 bridgehead atoms. The maximum absolute atomic E-state index is 13.5. The Morgan fingerprint density at radius 2 is 0.828 bits per heavy atom. The fourth-order valence-corrected chi connectivity index (χ4v) is 13.3. The highest BCUT2D eigenvalue weighted by Gasteiger charge is 2.45. The number of terminal acetylenes is 1. The minimum atomic E-state index is -5.07. The third kappa shape index (κ3) is 40.5. The minimum Gasteiger partial charge on any atom is -0.478 e. The molecule has 11 N–H and O–H groups in total. The zero-order valence-corrected chi connectivity index (χ0v) is 76.6. The lowest BCUT2D eigenvalue weighted by molar-refractivity contribution is -0.162. The number of carboxylic acids is 3. The normalized spacial score (nSPS) is 14.4. The van der Waals surface area contributed by atoms with E-state index in [-0.39, 0.29) is 73.8 Å². The van der Waals surface area contributed by atoms with Crippen LogP contribution in [0.1, 0.15) is 198 Å². The van der Waals surface area contributed by atoms with E-state index in [9.17, 15) is 117 Å². The molecule has 0 heterocycles. The van der Waals surface area contributed by atoms with Gasteiger partial charge in [0.15, 0.2) is 17.6 Å². The monoisotopic (exact) mass is 2210 g/mol. The number of carboxylic acid groups (broad SMARTS) is 3. The minimum absolute atomic E-state index is 0. The lowest BCUT2D eigenvalue weighted by Crippen LogP contribution is -2.37. The van der Waals surface area contributed by atoms with Gasteiger partial charge < -0.3 is 48.1 Å². The van der Waals surface area contributed by atoms with Gasteiger partial charge in [0, 0.05) is 80.0 Å². The summed E-state index contributed by atoms with van der Waals surface area (Å²) >= 11 is 34.0. The molecule has 0 saturated heterocycles. The highest BCUT2D eigenvalue weighted by atomic mass is 127. The maximum Gasteiger partial charge on any atom is 0.416 e. The Morgan fingerprint density at radius 3 is 1.18 bits per heavy atom. The predicted octanol–water partition coefficient (Wildman–Crippen LogP) is 23.2. The number of hydrogen-bond acceptors (Lipinski definition) is 11. The quantitative estimate of drug-likeness (QED) is 0.0127. The SMILES string of the molecule is C#CC(=O)O.NC(c1cccc(C(F)(F)F)c1)C(F)(F)F.NC1CC1.O=C(/C=C\c1ccc(C(=O)CC2CC2)c(Cl)c1)CC(c1cccc(C(F)(F)F)c1)C(F)(F)F.O=C(C#Cc1ccc(C(=O)NC2CC2)c(Cl)c1)NC(c1cccc(C(F)(F)F)c1)C(F)(F)F.O=C(NC1CC1)c1ccc(I)cc1Cl.O=C(O)C#Cc1ccc(C(=O)NC2CC2)c(Cl)c1.O=C(O)c1ccc(I)cc1Cl.[HH]. The molecule has 5 fully saturated rings. The summed E-state index contributed by atoms with van der Waals surface area (Å²) in [5.41, 5.74) is 6.96. The number of allylic oxidation sites excluding steroid dienone is 1. The molecule has 13 rings (SSSR count). The molecule has 3 unspecified atom stereocenters. The second kappa shape index (κ2) is 50.3. The first-order valence-electron chi connectivity index (χ1n) is 39.0. The number of nitrogens with one attached hydrogen (secondary N) is 4. The zero-order chi connectivity index (χ0) is 100. The average Bonchev–Trinajstić information content (AvgIpc) is 1.76. The summed E-state index contributed by atoms with van der Waals surface area (Å²) in [7, 11) is 0. The molecule has 5 aliphatic rings. The molecule has 5 saturated carbocycles. The second-order valence-corrected chi connectivity index (χ2v) is 34.1. The molecule has 134 heavy (non-hydrogen) atoms. The summed E-state index contributed by atoms with van der Waals surface area (Å²) < 4.78 is 233. The van der Waals surface area contributed by atoms with Gasteiger partial charge in [-0.15, -0.1) is 6.42 Å². The first-order chi connectivity index (χ1) is 62.3. The van der Waals surface area contributed by atoms with Gasteiger partial charge in [0.1, 0.15) is 6.04 Å². The fourth-order valence-electron chi connectivity index (χ4n) is 10.6. The molecule has 8 aromatic carbocycles. The number of halogens is 25. The summed E-state index contributed by atoms with van der Waals surface area (Å²) in [6, 6.07) is 27.9. The Kier molecular flexibility index (Phi) is 42.1. The van der Waals surface area contributed by atoms with Crippen molar-refractivity contribution in [2.45, 2.75) is 156 Å². The van der Waals surface area contributed by atoms with Crippen molar-refractivity contribution in [3.8, 4) is 36.0 Å². The topological polar surface area (TPSA) is 314 Å². The van der Waals surface area contributed by atoms with Crippen LogP contribution in [0.15, 0.2) is 170 Å². The Hall–Kier alpha value is -10.6. The van der Waals surface area contributed by atoms with Gasteiger partial charge in [-0.2, -0.15) is 79.0 Å². The molecule has 4 amide bonds. The Labute approximate surface area is 806 Å². The maximum atomic E-state index is 13.5. The molecule has 18 nitrogen and oxygen atoms in total. The van der Waals surface area contributed by atoms with Gasteiger partial charge in [0.25, 0.3) is 23.6 Å². The number of alkyl halides is 18. The van der Waals surface area contributed by atoms with Crippen molar-refractivity contribution in [1.29, 1.82) is 0 Å². The Bertz CT molecular complexity index is 5800. The number of amides is 4. The van der Waals surface area contributed by atoms with Crippen LogP contribution in [0.5, 0.6) is 0 Å². The standard InChI is InChI=1S/C24H19ClF6O2.C22H15ClF6N2O2.C13H10ClNO3.C10H9ClINO.C9H7F6N.C7H4ClIO2.C3H7N.C3H2O2.H2/c25-21-10-14(7-9-19(21)22(33)11-15-4-5-15)6-8-18(32)13-20(24(29,30)31)16-2-1-3-17(12-16)23(26,27)28;23-17-10-12(4-8-16(17)20(33)30-15-6-7-15)5-9-18(32)31-19(22(27,28)29)13-2-1-3-14(11-13)21(24,25)26;14-11-7-8(2-6-12(16)17)1-5-10(11)13(18)15-9-3-4-9;11-9-5-6(12)1-4-8(9)10(14)13-7-2-3-7;10-8(11,12)6-3-1-2-5(4-6)7(16)9(13,14)15;8-6-3-4(9)1-2-5(6)7(10)11;4-3-1-2-3;1-2-3(4)5;/h1-3,6-10,12,15,20H,4-5,11,13H2;1-4,8,10-11,15,19H,6-7H2,(H,30,33)(H,31,32);1,5,7,9H,3-4H2,(H,15,18)(H,16,17);1,4-5,7H,2-3H2,(H,13,14);1-4,7H,16H2;1-3H,(H,10,11);3H,1-2,4H2;1H,(H,4,5);1H/b8-6-;;;;;;;;. The van der Waals surface area contributed by atoms with E-state index in [0.29, 0.717) is 93.7 Å². The van der Waals surface area contributed by atoms with E-state index >= 15 is 0 Å². The number of benzene rings is 8. The van der Waals surface area contributed by atoms with E-state index in [0.717, 1.165) is 101 Å². The summed E-state index contributed by atoms with van der Waals surface area (Å²) in [6.07, 6.45) is -12.7. The number of ketones is 2. The summed E-state index contributed by atoms with van der Waals surface area (Å²) in [6.45, 7) is 0. The van der Waals surface area contributed by atoms with E-state index in [1.54, 1.807) is 41.7 Å². The van der Waals surface area contributed by atoms with Crippen molar-refractivity contribution in [2.24, 2.45) is 17.4 Å². The molecule has 8 aromatic rings. The van der Waals surface area contributed by atoms with Crippen molar-refractivity contribution in [3.05, 3.63) is 280 Å². The number of aromatic carboxylic acids is 1. The zero-order valence-electron chi connectivity index (χ0n) is 68.5. The molecule has 0 spiro atoms. The van der Waals surface area contributed by atoms with Gasteiger partial charge in [0.05, 0.1) is 70.0 Å². The number of hydrogen-bond donors (Lipinski definition) is 9. The number of nitrogens with two attached hydrogens (primary N) is 2. The third-order valence-corrected chi connectivity index (χ3v) is 21.2. The number of Topliss-reactive ketones (excluding diaryl/α,β-unsaturated/α-hetero) is 1. The van der Waals surface area contributed by atoms with E-state index in [1.807, 2.05) is 17.9 Å². The molecule has 0 aliphatic heterocycles. The molecule has 3 atom stereocenters. The molecule has 5 aliphatic carbocycles. The van der Waals surface area contributed by atoms with Gasteiger partial charge in [-0.25, -0.2) is 14.4 Å². The Morgan fingerprint density at radius 1 is 0.455 bits per heavy atom. The number of rotatable bonds is 18. The van der Waals surface area contributed by atoms with Crippen molar-refractivity contribution in [1.82, 2.24) is 21.3 Å². The van der Waals surface area contributed by atoms with E-state index in [2.05, 4.69) is 79.4 Å². The lowest BCUT2D eigenvalue weighted by atomic mass is 9.91. The van der Waals surface area contributed by atoms with Crippen LogP contribution >= 0.6 is 103 Å². The Balaban J connectivity index is 0.000000291. The van der Waals surface area contributed by atoms with Crippen LogP contribution in [0, 0.1) is 49.1 Å². The van der Waals surface area contributed by atoms with Crippen molar-refractivity contribution < 1.29 is 139 Å². The second-order valence-electron chi connectivity index (χ2n) is 29.5. The summed E-state index contributed by atoms with van der Waals surface area (Å²) in [5, 5.41) is 35.8. The number of carbonyl (C=O) groups is 9. The molecular weight excluding hydrogens is 2140 g/mol. The van der Waals surface area contributed by atoms with Gasteiger partial charge in [-0.1, -0.05) is 124 Å². The van der Waals surface area contributed by atoms with E-state index in [4.69, 9.17) is 89.6 Å². The van der Waals surface area contributed by atoms with Gasteiger partial charge in [-0.05, 0) is 259 Å². The largest absolute Gasteiger partial charge is 0.478 e. The highest BCUT2D eigenvalue weighted by Crippen LogP contribution is 2.43. The first-order valence-corrected chi connectivity index (χ1v) is 43.0. The lowest BCUT2D eigenvalue weighted by Gasteiger charge is -2.21. The number of carbonyl (C=O) groups excluding carboxylic acids is 6. The average molecular weight is 2220 g/mol. The predicted molar refractivity (Wildman–Crippen MR) is 482 cm³/mol. The van der Waals surface area contributed by atoms with Crippen LogP contribution in [0.2, 0.25) is 25.1 Å². The molecule has 43 heteroatoms. The summed E-state index contributed by atoms with van der Waals surface area (Å²) in [4.78, 5) is 102. The number of aliphatic carboxylic acids is 2. The third-order valence-electron chi connectivity index (χ3n) is 18.3. The van der Waals surface area contributed by atoms with Crippen molar-refractivity contribution >= 4 is 162 Å². The highest BCUT2D eigenvalue weighted by molar-refractivity contribution is 14.1. The van der Waals surface area contributed by atoms with Crippen molar-refractivity contribution in [3.63, 3.8) is 0 Å². The van der Waals surface area contributed by atoms with Crippen LogP contribution < -0.4 is 32.7 Å². The van der Waals surface area contributed by atoms with Gasteiger partial charge in [0.2, 0.25) is 0 Å². The first kappa shape index (κ1) is 112. The van der Waals surface area contributed by atoms with Crippen LogP contribution in [-0.2, 0) is 37.7 Å². The molecule has 716 valence electrons. The van der Waals surface area contributed by atoms with Crippen LogP contribution in [0.25, 0.3) is 6.08 Å². The molecule has 0 radical (unpaired) electrons. The summed E-state index contributed by atoms with van der Waals surface area (Å²) in [5.74, 6) is 1.70. The van der Waals surface area contributed by atoms with Crippen LogP contribution in [0.3, 0.4) is 0 Å². The van der Waals surface area contributed by atoms with E-state index in [1.165, 1.54) is 73.4 Å². The molecule has 0 aromatic heterocycles. The molecular formula is C91H75Cl5F18I2N6O12.